The molecule has 9 heteroatoms. The third-order valence-corrected chi connectivity index (χ3v) is 7.24. The summed E-state index contributed by atoms with van der Waals surface area (Å²) in [6.07, 6.45) is 5.06. The molecule has 0 amide bonds. The molecule has 3 N–H and O–H groups in total. The summed E-state index contributed by atoms with van der Waals surface area (Å²) in [6.45, 7) is 7.03. The number of unbranched alkanes of at least 4 members (excludes halogenated alkanes) is 3. The van der Waals surface area contributed by atoms with E-state index in [1.807, 2.05) is 20.8 Å². The van der Waals surface area contributed by atoms with Crippen molar-refractivity contribution in [2.45, 2.75) is 59.3 Å². The van der Waals surface area contributed by atoms with Crippen LogP contribution in [0.4, 0.5) is 0 Å². The van der Waals surface area contributed by atoms with E-state index in [1.165, 1.54) is 0 Å². The zero-order valence-corrected chi connectivity index (χ0v) is 15.9. The first-order valence-electron chi connectivity index (χ1n) is 7.68. The average Bonchev–Trinajstić information content (AvgIpc) is 2.38. The van der Waals surface area contributed by atoms with Gasteiger partial charge in [-0.2, -0.15) is 0 Å². The molecule has 0 saturated heterocycles. The molecule has 0 heterocycles. The first-order valence-corrected chi connectivity index (χ1v) is 12.0. The Morgan fingerprint density at radius 3 is 1.29 bits per heavy atom. The molecule has 0 saturated carbocycles. The van der Waals surface area contributed by atoms with Gasteiger partial charge in [0.15, 0.2) is 0 Å². The van der Waals surface area contributed by atoms with E-state index < -0.39 is 27.2 Å². The molecule has 0 aromatic heterocycles. The SMILES string of the molecule is CCCCO[Si](OCCCC)(OCCCC)[O][Ti]([OH])([OH])[OH]. The Hall–Kier alpha value is 0.651. The minimum absolute atomic E-state index is 0.333. The van der Waals surface area contributed by atoms with Crippen molar-refractivity contribution >= 4 is 9.05 Å². The van der Waals surface area contributed by atoms with Gasteiger partial charge in [0.05, 0.1) is 0 Å². The Morgan fingerprint density at radius 1 is 0.714 bits per heavy atom. The zero-order valence-electron chi connectivity index (χ0n) is 13.3. The fourth-order valence-corrected chi connectivity index (χ4v) is 5.75. The normalized spacial score (nSPS) is 12.9. The molecule has 0 fully saturated rings. The average molecular weight is 362 g/mol. The molecule has 0 aliphatic heterocycles. The van der Waals surface area contributed by atoms with Crippen molar-refractivity contribution in [3.05, 3.63) is 0 Å². The predicted octanol–water partition coefficient (Wildman–Crippen LogP) is 1.68. The van der Waals surface area contributed by atoms with Crippen molar-refractivity contribution in [1.29, 1.82) is 0 Å². The summed E-state index contributed by atoms with van der Waals surface area (Å²) in [7, 11) is -3.71. The molecule has 0 radical (unpaired) electrons. The maximum absolute atomic E-state index is 9.29. The van der Waals surface area contributed by atoms with Crippen LogP contribution in [0.1, 0.15) is 59.3 Å². The Bertz CT molecular complexity index is 224. The molecule has 0 bridgehead atoms. The van der Waals surface area contributed by atoms with Gasteiger partial charge < -0.3 is 0 Å². The number of rotatable bonds is 14. The van der Waals surface area contributed by atoms with Crippen LogP contribution in [0.3, 0.4) is 0 Å². The first-order chi connectivity index (χ1) is 9.89. The molecule has 0 aromatic rings. The van der Waals surface area contributed by atoms with Gasteiger partial charge in [-0.3, -0.25) is 0 Å². The van der Waals surface area contributed by atoms with E-state index in [0.717, 1.165) is 38.5 Å². The Balaban J connectivity index is 4.78. The molecular weight excluding hydrogens is 332 g/mol. The van der Waals surface area contributed by atoms with E-state index in [2.05, 4.69) is 0 Å². The molecular formula is C12H30O7SiTi. The van der Waals surface area contributed by atoms with E-state index in [1.54, 1.807) is 0 Å². The van der Waals surface area contributed by atoms with Crippen LogP contribution in [0, 0.1) is 0 Å². The van der Waals surface area contributed by atoms with Gasteiger partial charge in [-0.15, -0.1) is 0 Å². The van der Waals surface area contributed by atoms with Gasteiger partial charge in [0.25, 0.3) is 0 Å². The Kier molecular flexibility index (Phi) is 12.5. The summed E-state index contributed by atoms with van der Waals surface area (Å²) in [4.78, 5) is 0. The standard InChI is InChI=1S/C12H27O4Si.3H2O.Ti/c1-4-7-10-14-17(13,15-11-8-5-2)16-12-9-6-3;;;;/h4-12H2,1-3H3;3*1H2;/q-1;;;;+4/p-3. The second-order valence-corrected chi connectivity index (χ2v) is 9.60. The van der Waals surface area contributed by atoms with E-state index in [0.29, 0.717) is 19.8 Å². The van der Waals surface area contributed by atoms with Crippen LogP contribution >= 0.6 is 0 Å². The van der Waals surface area contributed by atoms with Gasteiger partial charge in [0, 0.05) is 0 Å². The van der Waals surface area contributed by atoms with Crippen molar-refractivity contribution in [3.8, 4) is 0 Å². The van der Waals surface area contributed by atoms with Gasteiger partial charge in [-0.25, -0.2) is 0 Å². The van der Waals surface area contributed by atoms with Gasteiger partial charge in [0.2, 0.25) is 0 Å². The van der Waals surface area contributed by atoms with Crippen molar-refractivity contribution in [3.63, 3.8) is 0 Å². The molecule has 0 aliphatic carbocycles. The Labute approximate surface area is 133 Å². The van der Waals surface area contributed by atoms with Crippen LogP contribution in [0.5, 0.6) is 0 Å². The third-order valence-electron chi connectivity index (χ3n) is 2.59. The first kappa shape index (κ1) is 21.7. The van der Waals surface area contributed by atoms with Crippen LogP contribution < -0.4 is 0 Å². The van der Waals surface area contributed by atoms with Gasteiger partial charge >= 0.3 is 134 Å². The summed E-state index contributed by atoms with van der Waals surface area (Å²) < 4.78 is 49.6. The predicted molar refractivity (Wildman–Crippen MR) is 76.1 cm³/mol. The minimum atomic E-state index is -5.29. The molecule has 0 aliphatic rings. The quantitative estimate of drug-likeness (QED) is 0.319. The van der Waals surface area contributed by atoms with Gasteiger partial charge in [-0.1, -0.05) is 0 Å². The van der Waals surface area contributed by atoms with E-state index >= 15 is 0 Å². The van der Waals surface area contributed by atoms with Crippen LogP contribution in [0.15, 0.2) is 0 Å². The van der Waals surface area contributed by atoms with E-state index in [9.17, 15) is 11.1 Å². The number of hydrogen-bond acceptors (Lipinski definition) is 7. The maximum atomic E-state index is 9.29. The molecule has 128 valence electrons. The Morgan fingerprint density at radius 2 is 1.05 bits per heavy atom. The topological polar surface area (TPSA) is 97.6 Å². The summed E-state index contributed by atoms with van der Waals surface area (Å²) in [5.74, 6) is 0. The monoisotopic (exact) mass is 362 g/mol. The van der Waals surface area contributed by atoms with Crippen molar-refractivity contribution in [1.82, 2.24) is 0 Å². The van der Waals surface area contributed by atoms with Crippen molar-refractivity contribution in [2.24, 2.45) is 0 Å². The summed E-state index contributed by atoms with van der Waals surface area (Å²) in [6, 6.07) is 0. The molecule has 0 atom stereocenters. The number of hydrogen-bond donors (Lipinski definition) is 3. The third kappa shape index (κ3) is 11.8. The van der Waals surface area contributed by atoms with Crippen LogP contribution in [0.2, 0.25) is 0 Å². The summed E-state index contributed by atoms with van der Waals surface area (Å²) in [5, 5.41) is 0. The molecule has 7 nitrogen and oxygen atoms in total. The fourth-order valence-electron chi connectivity index (χ4n) is 1.41. The van der Waals surface area contributed by atoms with Gasteiger partial charge in [0.1, 0.15) is 0 Å². The molecule has 21 heavy (non-hydrogen) atoms. The van der Waals surface area contributed by atoms with E-state index in [-0.39, 0.29) is 0 Å². The zero-order chi connectivity index (χ0) is 16.2. The molecule has 0 rings (SSSR count). The second-order valence-electron chi connectivity index (χ2n) is 4.78. The summed E-state index contributed by atoms with van der Waals surface area (Å²) in [5.41, 5.74) is 0. The van der Waals surface area contributed by atoms with Crippen molar-refractivity contribution in [2.75, 3.05) is 19.8 Å². The van der Waals surface area contributed by atoms with Crippen LogP contribution in [0.25, 0.3) is 0 Å². The van der Waals surface area contributed by atoms with E-state index in [4.69, 9.17) is 16.3 Å². The summed E-state index contributed by atoms with van der Waals surface area (Å²) >= 11 is -5.29. The second kappa shape index (κ2) is 12.1. The fraction of sp³-hybridized carbons (Fsp3) is 1.00. The van der Waals surface area contributed by atoms with Gasteiger partial charge in [-0.05, 0) is 0 Å². The van der Waals surface area contributed by atoms with Crippen LogP contribution in [-0.4, -0.2) is 39.9 Å². The molecule has 0 unspecified atom stereocenters. The molecule has 0 aromatic carbocycles. The molecule has 0 spiro atoms. The van der Waals surface area contributed by atoms with Crippen molar-refractivity contribution < 1.29 is 45.5 Å². The van der Waals surface area contributed by atoms with Crippen LogP contribution in [-0.2, 0) is 34.4 Å².